The highest BCUT2D eigenvalue weighted by Gasteiger charge is 2.36. The van der Waals surface area contributed by atoms with Gasteiger partial charge in [0.05, 0.1) is 31.2 Å². The highest BCUT2D eigenvalue weighted by Crippen LogP contribution is 2.29. The Bertz CT molecular complexity index is 958. The Labute approximate surface area is 179 Å². The molecule has 4 rings (SSSR count). The molecule has 0 aliphatic carbocycles. The molecule has 1 aromatic heterocycles. The number of carbonyl (C=O) groups is 2. The average molecular weight is 429 g/mol. The molecule has 1 aromatic carbocycles. The molecule has 2 N–H and O–H groups in total. The summed E-state index contributed by atoms with van der Waals surface area (Å²) in [6.07, 6.45) is 1.25. The fourth-order valence-corrected chi connectivity index (χ4v) is 3.81. The van der Waals surface area contributed by atoms with Gasteiger partial charge >= 0.3 is 12.0 Å². The number of furan rings is 1. The summed E-state index contributed by atoms with van der Waals surface area (Å²) in [5.41, 5.74) is 1.64. The fraction of sp³-hybridized carbons (Fsp3) is 0.364. The summed E-state index contributed by atoms with van der Waals surface area (Å²) in [6.45, 7) is 3.87. The SMILES string of the molecule is CCOC(=O)C1=C(CN2CCO[C@@H](c3ccc(F)cc3)C2)NC(=O)N[C@H]1c1ccco1. The van der Waals surface area contributed by atoms with E-state index in [0.29, 0.717) is 43.3 Å². The molecular formula is C22H24FN3O5. The summed E-state index contributed by atoms with van der Waals surface area (Å²) in [6, 6.07) is 8.44. The van der Waals surface area contributed by atoms with Crippen LogP contribution in [0, 0.1) is 5.82 Å². The Balaban J connectivity index is 1.59. The number of urea groups is 1. The van der Waals surface area contributed by atoms with Crippen LogP contribution in [-0.2, 0) is 14.3 Å². The van der Waals surface area contributed by atoms with Gasteiger partial charge in [-0.2, -0.15) is 0 Å². The fourth-order valence-electron chi connectivity index (χ4n) is 3.81. The zero-order valence-corrected chi connectivity index (χ0v) is 17.1. The van der Waals surface area contributed by atoms with E-state index in [0.717, 1.165) is 5.56 Å². The van der Waals surface area contributed by atoms with Crippen molar-refractivity contribution < 1.29 is 27.9 Å². The van der Waals surface area contributed by atoms with Gasteiger partial charge in [0.15, 0.2) is 0 Å². The number of halogens is 1. The molecule has 8 nitrogen and oxygen atoms in total. The van der Waals surface area contributed by atoms with Crippen LogP contribution in [0.15, 0.2) is 58.3 Å². The van der Waals surface area contributed by atoms with Crippen LogP contribution < -0.4 is 10.6 Å². The Hall–Kier alpha value is -3.17. The van der Waals surface area contributed by atoms with Crippen LogP contribution in [0.2, 0.25) is 0 Å². The van der Waals surface area contributed by atoms with Gasteiger partial charge < -0.3 is 24.5 Å². The molecule has 2 aliphatic heterocycles. The molecule has 0 spiro atoms. The highest BCUT2D eigenvalue weighted by atomic mass is 19.1. The largest absolute Gasteiger partial charge is 0.467 e. The lowest BCUT2D eigenvalue weighted by molar-refractivity contribution is -0.139. The van der Waals surface area contributed by atoms with Crippen LogP contribution in [0.4, 0.5) is 9.18 Å². The third-order valence-electron chi connectivity index (χ3n) is 5.25. The van der Waals surface area contributed by atoms with Gasteiger partial charge in [0.2, 0.25) is 0 Å². The molecule has 3 heterocycles. The number of morpholine rings is 1. The minimum Gasteiger partial charge on any atom is -0.467 e. The number of hydrogen-bond acceptors (Lipinski definition) is 6. The zero-order chi connectivity index (χ0) is 21.8. The molecule has 2 aliphatic rings. The number of ether oxygens (including phenoxy) is 2. The topological polar surface area (TPSA) is 93.0 Å². The van der Waals surface area contributed by atoms with E-state index in [1.807, 2.05) is 0 Å². The van der Waals surface area contributed by atoms with Gasteiger partial charge in [-0.3, -0.25) is 4.90 Å². The number of nitrogens with zero attached hydrogens (tertiary/aromatic N) is 1. The number of rotatable bonds is 6. The summed E-state index contributed by atoms with van der Waals surface area (Å²) < 4.78 is 29.8. The molecule has 9 heteroatoms. The molecule has 1 saturated heterocycles. The summed E-state index contributed by atoms with van der Waals surface area (Å²) in [7, 11) is 0. The van der Waals surface area contributed by atoms with Gasteiger partial charge in [0.1, 0.15) is 17.6 Å². The minimum atomic E-state index is -0.744. The molecule has 31 heavy (non-hydrogen) atoms. The lowest BCUT2D eigenvalue weighted by atomic mass is 9.99. The second-order valence-corrected chi connectivity index (χ2v) is 7.31. The first kappa shape index (κ1) is 21.1. The van der Waals surface area contributed by atoms with E-state index in [1.54, 1.807) is 31.2 Å². The Kier molecular flexibility index (Phi) is 6.34. The van der Waals surface area contributed by atoms with E-state index in [4.69, 9.17) is 13.9 Å². The van der Waals surface area contributed by atoms with E-state index in [-0.39, 0.29) is 18.5 Å². The number of esters is 1. The summed E-state index contributed by atoms with van der Waals surface area (Å²) >= 11 is 0. The highest BCUT2D eigenvalue weighted by molar-refractivity contribution is 5.95. The standard InChI is InChI=1S/C22H24FN3O5/c1-2-29-21(27)19-16(24-22(28)25-20(19)17-4-3-10-30-17)12-26-9-11-31-18(13-26)14-5-7-15(23)8-6-14/h3-8,10,18,20H,2,9,11-13H2,1H3,(H2,24,25,28)/t18-,20+/m1/s1. The predicted molar refractivity (Wildman–Crippen MR) is 108 cm³/mol. The normalized spacial score (nSPS) is 22.1. The molecule has 2 aromatic rings. The van der Waals surface area contributed by atoms with Crippen molar-refractivity contribution in [3.63, 3.8) is 0 Å². The van der Waals surface area contributed by atoms with Crippen molar-refractivity contribution in [2.45, 2.75) is 19.1 Å². The maximum Gasteiger partial charge on any atom is 0.338 e. The monoisotopic (exact) mass is 429 g/mol. The first-order valence-corrected chi connectivity index (χ1v) is 10.2. The Morgan fingerprint density at radius 1 is 1.29 bits per heavy atom. The van der Waals surface area contributed by atoms with Gasteiger partial charge in [-0.05, 0) is 36.8 Å². The molecule has 0 radical (unpaired) electrons. The number of hydrogen-bond donors (Lipinski definition) is 2. The van der Waals surface area contributed by atoms with Crippen LogP contribution in [0.3, 0.4) is 0 Å². The van der Waals surface area contributed by atoms with E-state index < -0.39 is 18.0 Å². The smallest absolute Gasteiger partial charge is 0.338 e. The second-order valence-electron chi connectivity index (χ2n) is 7.31. The molecular weight excluding hydrogens is 405 g/mol. The number of nitrogens with one attached hydrogen (secondary N) is 2. The molecule has 2 amide bonds. The van der Waals surface area contributed by atoms with Crippen molar-refractivity contribution in [2.75, 3.05) is 32.8 Å². The third kappa shape index (κ3) is 4.78. The second kappa shape index (κ2) is 9.32. The number of amides is 2. The number of benzene rings is 1. The van der Waals surface area contributed by atoms with Crippen LogP contribution in [0.1, 0.15) is 30.4 Å². The molecule has 2 atom stereocenters. The van der Waals surface area contributed by atoms with Crippen molar-refractivity contribution in [1.29, 1.82) is 0 Å². The van der Waals surface area contributed by atoms with Crippen LogP contribution in [-0.4, -0.2) is 49.7 Å². The maximum atomic E-state index is 13.3. The van der Waals surface area contributed by atoms with Crippen molar-refractivity contribution in [2.24, 2.45) is 0 Å². The summed E-state index contributed by atoms with van der Waals surface area (Å²) in [5.74, 6) is -0.377. The van der Waals surface area contributed by atoms with Crippen LogP contribution in [0.5, 0.6) is 0 Å². The van der Waals surface area contributed by atoms with E-state index in [1.165, 1.54) is 18.4 Å². The van der Waals surface area contributed by atoms with Crippen molar-refractivity contribution >= 4 is 12.0 Å². The zero-order valence-electron chi connectivity index (χ0n) is 17.1. The third-order valence-corrected chi connectivity index (χ3v) is 5.25. The van der Waals surface area contributed by atoms with Gasteiger partial charge in [0.25, 0.3) is 0 Å². The van der Waals surface area contributed by atoms with Gasteiger partial charge in [-0.1, -0.05) is 12.1 Å². The molecule has 164 valence electrons. The van der Waals surface area contributed by atoms with Gasteiger partial charge in [0, 0.05) is 25.3 Å². The van der Waals surface area contributed by atoms with E-state index in [2.05, 4.69) is 15.5 Å². The Morgan fingerprint density at radius 3 is 2.81 bits per heavy atom. The van der Waals surface area contributed by atoms with Crippen LogP contribution >= 0.6 is 0 Å². The maximum absolute atomic E-state index is 13.3. The minimum absolute atomic E-state index is 0.207. The first-order chi connectivity index (χ1) is 15.0. The van der Waals surface area contributed by atoms with Gasteiger partial charge in [-0.15, -0.1) is 0 Å². The quantitative estimate of drug-likeness (QED) is 0.686. The van der Waals surface area contributed by atoms with Crippen molar-refractivity contribution in [1.82, 2.24) is 15.5 Å². The van der Waals surface area contributed by atoms with Crippen molar-refractivity contribution in [3.8, 4) is 0 Å². The summed E-state index contributed by atoms with van der Waals surface area (Å²) in [5, 5.41) is 5.50. The molecule has 0 unspecified atom stereocenters. The molecule has 0 bridgehead atoms. The molecule has 1 fully saturated rings. The number of carbonyl (C=O) groups excluding carboxylic acids is 2. The van der Waals surface area contributed by atoms with Gasteiger partial charge in [-0.25, -0.2) is 14.0 Å². The van der Waals surface area contributed by atoms with E-state index >= 15 is 0 Å². The predicted octanol–water partition coefficient (Wildman–Crippen LogP) is 2.66. The summed E-state index contributed by atoms with van der Waals surface area (Å²) in [4.78, 5) is 27.2. The average Bonchev–Trinajstić information content (AvgIpc) is 3.29. The van der Waals surface area contributed by atoms with Crippen molar-refractivity contribution in [3.05, 3.63) is 71.1 Å². The lowest BCUT2D eigenvalue weighted by Gasteiger charge is -2.35. The van der Waals surface area contributed by atoms with Crippen LogP contribution in [0.25, 0.3) is 0 Å². The Morgan fingerprint density at radius 2 is 2.10 bits per heavy atom. The molecule has 0 saturated carbocycles. The lowest BCUT2D eigenvalue weighted by Crippen LogP contribution is -2.49. The van der Waals surface area contributed by atoms with E-state index in [9.17, 15) is 14.0 Å². The first-order valence-electron chi connectivity index (χ1n) is 10.2.